The number of aromatic carboxylic acids is 1. The summed E-state index contributed by atoms with van der Waals surface area (Å²) in [5.74, 6) is -8.23. The number of carbonyl (C=O) groups is 2. The van der Waals surface area contributed by atoms with Crippen molar-refractivity contribution < 1.29 is 37.0 Å². The van der Waals surface area contributed by atoms with Gasteiger partial charge in [0.15, 0.2) is 0 Å². The lowest BCUT2D eigenvalue weighted by atomic mass is 10.1. The number of hydrogen-bond acceptors (Lipinski definition) is 3. The summed E-state index contributed by atoms with van der Waals surface area (Å²) in [6.45, 7) is 0. The molecule has 2 N–H and O–H groups in total. The summed E-state index contributed by atoms with van der Waals surface area (Å²) in [6.07, 6.45) is -5.61. The van der Waals surface area contributed by atoms with Crippen molar-refractivity contribution in [1.82, 2.24) is 0 Å². The number of nitrogens with one attached hydrogen (secondary N) is 1. The van der Waals surface area contributed by atoms with Crippen molar-refractivity contribution in [2.45, 2.75) is 12.0 Å². The topological polar surface area (TPSA) is 75.6 Å². The van der Waals surface area contributed by atoms with Gasteiger partial charge >= 0.3 is 18.0 Å². The first-order valence-corrected chi connectivity index (χ1v) is 5.08. The lowest BCUT2D eigenvalue weighted by Gasteiger charge is -2.25. The number of para-hydroxylation sites is 1. The van der Waals surface area contributed by atoms with Crippen molar-refractivity contribution in [3.05, 3.63) is 29.8 Å². The Bertz CT molecular complexity index is 531. The second-order valence-electron chi connectivity index (χ2n) is 3.60. The molecule has 1 aromatic rings. The molecule has 5 nitrogen and oxygen atoms in total. The lowest BCUT2D eigenvalue weighted by Crippen LogP contribution is -2.52. The average molecular weight is 295 g/mol. The maximum Gasteiger partial charge on any atom is 0.458 e. The third-order valence-corrected chi connectivity index (χ3v) is 2.34. The lowest BCUT2D eigenvalue weighted by molar-refractivity contribution is -0.305. The number of hydrogen-bond donors (Lipinski definition) is 2. The zero-order valence-electron chi connectivity index (χ0n) is 9.99. The summed E-state index contributed by atoms with van der Waals surface area (Å²) in [6, 6.07) is 4.62. The van der Waals surface area contributed by atoms with Crippen LogP contribution < -0.4 is 5.32 Å². The molecule has 0 aliphatic carbocycles. The van der Waals surface area contributed by atoms with Crippen LogP contribution >= 0.6 is 0 Å². The molecule has 0 bridgehead atoms. The Hall–Kier alpha value is -2.16. The van der Waals surface area contributed by atoms with E-state index in [1.807, 2.05) is 0 Å². The van der Waals surface area contributed by atoms with Gasteiger partial charge in [0.1, 0.15) is 0 Å². The van der Waals surface area contributed by atoms with Crippen LogP contribution in [0.1, 0.15) is 10.4 Å². The van der Waals surface area contributed by atoms with Crippen molar-refractivity contribution in [3.63, 3.8) is 0 Å². The zero-order valence-corrected chi connectivity index (χ0v) is 9.99. The Balaban J connectivity index is 3.11. The number of halogens is 4. The Morgan fingerprint density at radius 1 is 1.20 bits per heavy atom. The minimum absolute atomic E-state index is 0.371. The molecule has 0 aromatic heterocycles. The number of carboxylic acids is 1. The van der Waals surface area contributed by atoms with Gasteiger partial charge in [-0.15, -0.1) is 0 Å². The predicted molar refractivity (Wildman–Crippen MR) is 58.9 cm³/mol. The van der Waals surface area contributed by atoms with Crippen LogP contribution in [-0.2, 0) is 9.53 Å². The Labute approximate surface area is 110 Å². The van der Waals surface area contributed by atoms with Gasteiger partial charge < -0.3 is 15.2 Å². The highest BCUT2D eigenvalue weighted by atomic mass is 19.4. The van der Waals surface area contributed by atoms with Crippen molar-refractivity contribution >= 4 is 17.6 Å². The summed E-state index contributed by atoms with van der Waals surface area (Å²) in [5.41, 5.74) is -0.963. The van der Waals surface area contributed by atoms with Crippen molar-refractivity contribution in [2.75, 3.05) is 12.4 Å². The van der Waals surface area contributed by atoms with Gasteiger partial charge in [0.2, 0.25) is 0 Å². The second kappa shape index (κ2) is 5.45. The molecule has 0 aliphatic heterocycles. The Morgan fingerprint density at radius 2 is 1.75 bits per heavy atom. The van der Waals surface area contributed by atoms with Crippen molar-refractivity contribution in [3.8, 4) is 0 Å². The molecule has 0 radical (unpaired) electrons. The maximum absolute atomic E-state index is 13.5. The van der Waals surface area contributed by atoms with Crippen LogP contribution in [0.25, 0.3) is 0 Å². The molecule has 0 saturated carbocycles. The molecule has 0 fully saturated rings. The fourth-order valence-electron chi connectivity index (χ4n) is 1.32. The van der Waals surface area contributed by atoms with E-state index in [0.29, 0.717) is 7.11 Å². The first-order chi connectivity index (χ1) is 9.13. The molecule has 0 heterocycles. The number of anilines is 1. The van der Waals surface area contributed by atoms with Gasteiger partial charge in [-0.2, -0.15) is 17.6 Å². The number of amides is 1. The smallest absolute Gasteiger partial charge is 0.458 e. The van der Waals surface area contributed by atoms with E-state index in [9.17, 15) is 27.2 Å². The highest BCUT2D eigenvalue weighted by Gasteiger charge is 2.63. The highest BCUT2D eigenvalue weighted by Crippen LogP contribution is 2.35. The third-order valence-electron chi connectivity index (χ3n) is 2.34. The largest absolute Gasteiger partial charge is 0.478 e. The molecule has 1 aromatic carbocycles. The van der Waals surface area contributed by atoms with E-state index >= 15 is 0 Å². The van der Waals surface area contributed by atoms with E-state index in [0.717, 1.165) is 12.1 Å². The zero-order chi connectivity index (χ0) is 15.6. The van der Waals surface area contributed by atoms with E-state index in [1.54, 1.807) is 5.32 Å². The highest BCUT2D eigenvalue weighted by molar-refractivity contribution is 6.03. The normalized spacial score (nSPS) is 14.4. The standard InChI is InChI=1S/C11H9F4NO4/c1-20-10(12,11(13,14)15)9(19)16-7-5-3-2-4-6(7)8(17)18/h2-5H,1H3,(H,16,19)(H,17,18). The summed E-state index contributed by atoms with van der Waals surface area (Å²) in [7, 11) is 0.371. The molecule has 110 valence electrons. The minimum Gasteiger partial charge on any atom is -0.478 e. The number of carboxylic acid groups (broad SMARTS) is 1. The van der Waals surface area contributed by atoms with Crippen molar-refractivity contribution in [2.24, 2.45) is 0 Å². The van der Waals surface area contributed by atoms with Crippen LogP contribution in [0.4, 0.5) is 23.2 Å². The summed E-state index contributed by atoms with van der Waals surface area (Å²) in [4.78, 5) is 22.2. The quantitative estimate of drug-likeness (QED) is 0.835. The molecular weight excluding hydrogens is 286 g/mol. The minimum atomic E-state index is -5.61. The van der Waals surface area contributed by atoms with Crippen LogP contribution in [0.2, 0.25) is 0 Å². The number of alkyl halides is 4. The van der Waals surface area contributed by atoms with Gasteiger partial charge in [0.25, 0.3) is 5.91 Å². The molecule has 9 heteroatoms. The molecule has 1 amide bonds. The number of carbonyl (C=O) groups excluding carboxylic acids is 1. The molecule has 0 spiro atoms. The van der Waals surface area contributed by atoms with E-state index in [2.05, 4.69) is 4.74 Å². The number of methoxy groups -OCH3 is 1. The maximum atomic E-state index is 13.5. The van der Waals surface area contributed by atoms with Gasteiger partial charge in [-0.05, 0) is 12.1 Å². The van der Waals surface area contributed by atoms with E-state index < -0.39 is 35.2 Å². The Kier molecular flexibility index (Phi) is 4.33. The molecule has 1 atom stereocenters. The summed E-state index contributed by atoms with van der Waals surface area (Å²) < 4.78 is 54.4. The second-order valence-corrected chi connectivity index (χ2v) is 3.60. The molecule has 1 unspecified atom stereocenters. The molecule has 1 rings (SSSR count). The SMILES string of the molecule is COC(F)(C(=O)Nc1ccccc1C(=O)O)C(F)(F)F. The van der Waals surface area contributed by atoms with Crippen LogP contribution in [-0.4, -0.2) is 36.1 Å². The number of benzene rings is 1. The summed E-state index contributed by atoms with van der Waals surface area (Å²) >= 11 is 0. The molecule has 0 saturated heterocycles. The molecule has 0 aliphatic rings. The Morgan fingerprint density at radius 3 is 2.20 bits per heavy atom. The van der Waals surface area contributed by atoms with E-state index in [1.165, 1.54) is 12.1 Å². The van der Waals surface area contributed by atoms with Crippen LogP contribution in [0.3, 0.4) is 0 Å². The monoisotopic (exact) mass is 295 g/mol. The van der Waals surface area contributed by atoms with Gasteiger partial charge in [0.05, 0.1) is 11.3 Å². The number of rotatable bonds is 4. The molecule has 20 heavy (non-hydrogen) atoms. The van der Waals surface area contributed by atoms with Crippen LogP contribution in [0, 0.1) is 0 Å². The third kappa shape index (κ3) is 2.87. The first-order valence-electron chi connectivity index (χ1n) is 5.08. The fraction of sp³-hybridized carbons (Fsp3) is 0.273. The van der Waals surface area contributed by atoms with Crippen LogP contribution in [0.5, 0.6) is 0 Å². The fourth-order valence-corrected chi connectivity index (χ4v) is 1.32. The van der Waals surface area contributed by atoms with Gasteiger partial charge in [-0.1, -0.05) is 12.1 Å². The molecular formula is C11H9F4NO4. The van der Waals surface area contributed by atoms with Gasteiger partial charge in [-0.3, -0.25) is 4.79 Å². The van der Waals surface area contributed by atoms with Crippen LogP contribution in [0.15, 0.2) is 24.3 Å². The van der Waals surface area contributed by atoms with E-state index in [4.69, 9.17) is 5.11 Å². The number of ether oxygens (including phenoxy) is 1. The van der Waals surface area contributed by atoms with E-state index in [-0.39, 0.29) is 0 Å². The predicted octanol–water partition coefficient (Wildman–Crippen LogP) is 2.20. The average Bonchev–Trinajstić information content (AvgIpc) is 2.36. The van der Waals surface area contributed by atoms with Crippen molar-refractivity contribution in [1.29, 1.82) is 0 Å². The first kappa shape index (κ1) is 15.9. The summed E-state index contributed by atoms with van der Waals surface area (Å²) in [5, 5.41) is 10.4. The van der Waals surface area contributed by atoms with Gasteiger partial charge in [-0.25, -0.2) is 4.79 Å². The van der Waals surface area contributed by atoms with Gasteiger partial charge in [0, 0.05) is 7.11 Å².